The number of nitrogens with zero attached hydrogens (tertiary/aromatic N) is 2. The van der Waals surface area contributed by atoms with Gasteiger partial charge in [0.25, 0.3) is 0 Å². The Balaban J connectivity index is 1.34. The van der Waals surface area contributed by atoms with E-state index in [2.05, 4.69) is 10.2 Å². The van der Waals surface area contributed by atoms with Crippen LogP contribution in [0.1, 0.15) is 12.5 Å². The highest BCUT2D eigenvalue weighted by molar-refractivity contribution is 6.30. The van der Waals surface area contributed by atoms with E-state index in [0.717, 1.165) is 16.9 Å². The lowest BCUT2D eigenvalue weighted by Crippen LogP contribution is -2.55. The molecule has 0 spiro atoms. The van der Waals surface area contributed by atoms with Gasteiger partial charge in [0.2, 0.25) is 5.91 Å². The third kappa shape index (κ3) is 4.15. The van der Waals surface area contributed by atoms with Crippen LogP contribution in [0.2, 0.25) is 5.02 Å². The van der Waals surface area contributed by atoms with Crippen LogP contribution < -0.4 is 15.0 Å². The van der Waals surface area contributed by atoms with E-state index >= 15 is 0 Å². The predicted octanol–water partition coefficient (Wildman–Crippen LogP) is 3.09. The van der Waals surface area contributed by atoms with Gasteiger partial charge in [-0.25, -0.2) is 4.39 Å². The zero-order valence-corrected chi connectivity index (χ0v) is 16.7. The van der Waals surface area contributed by atoms with Crippen molar-refractivity contribution >= 4 is 34.9 Å². The Kier molecular flexibility index (Phi) is 5.32. The first kappa shape index (κ1) is 19.5. The van der Waals surface area contributed by atoms with Crippen molar-refractivity contribution in [2.24, 2.45) is 0 Å². The smallest absolute Gasteiger partial charge is 0.315 e. The molecular formula is C21H21ClFN3O3. The van der Waals surface area contributed by atoms with Crippen molar-refractivity contribution in [1.29, 1.82) is 0 Å². The summed E-state index contributed by atoms with van der Waals surface area (Å²) in [6.07, 6.45) is 0.286. The van der Waals surface area contributed by atoms with Gasteiger partial charge in [0, 0.05) is 48.7 Å². The van der Waals surface area contributed by atoms with Gasteiger partial charge in [-0.1, -0.05) is 17.7 Å². The van der Waals surface area contributed by atoms with Crippen LogP contribution >= 0.6 is 11.6 Å². The van der Waals surface area contributed by atoms with E-state index in [1.807, 2.05) is 24.0 Å². The van der Waals surface area contributed by atoms with E-state index in [1.54, 1.807) is 18.2 Å². The van der Waals surface area contributed by atoms with Crippen molar-refractivity contribution in [3.8, 4) is 5.75 Å². The molecule has 152 valence electrons. The van der Waals surface area contributed by atoms with E-state index in [0.29, 0.717) is 25.4 Å². The molecule has 0 saturated carbocycles. The summed E-state index contributed by atoms with van der Waals surface area (Å²) >= 11 is 5.76. The average molecular weight is 418 g/mol. The second-order valence-corrected chi connectivity index (χ2v) is 7.71. The maximum absolute atomic E-state index is 13.7. The number of fused-ring (bicyclic) bond motifs is 1. The number of hydrogen-bond donors (Lipinski definition) is 1. The number of halogens is 2. The summed E-state index contributed by atoms with van der Waals surface area (Å²) in [7, 11) is 0. The molecular weight excluding hydrogens is 397 g/mol. The first-order valence-electron chi connectivity index (χ1n) is 9.47. The maximum atomic E-state index is 13.7. The topological polar surface area (TPSA) is 61.9 Å². The van der Waals surface area contributed by atoms with Gasteiger partial charge in [-0.15, -0.1) is 0 Å². The number of ether oxygens (including phenoxy) is 1. The summed E-state index contributed by atoms with van der Waals surface area (Å²) < 4.78 is 18.9. The van der Waals surface area contributed by atoms with Crippen LogP contribution in [-0.2, 0) is 16.0 Å². The van der Waals surface area contributed by atoms with Crippen LogP contribution in [0, 0.1) is 5.82 Å². The molecule has 1 saturated heterocycles. The number of rotatable bonds is 4. The standard InChI is InChI=1S/C21H21ClFN3O3/c1-13-12-25(16-4-5-17(22)18(23)10-16)6-7-26(13)20(27)11-24-15-3-2-14-8-21(28)29-19(14)9-15/h2-5,9-10,13,24H,6-8,11-12H2,1H3/t13-/m1/s1. The van der Waals surface area contributed by atoms with Gasteiger partial charge in [0.15, 0.2) is 0 Å². The molecule has 0 aromatic heterocycles. The molecule has 29 heavy (non-hydrogen) atoms. The summed E-state index contributed by atoms with van der Waals surface area (Å²) in [6, 6.07) is 10.2. The van der Waals surface area contributed by atoms with Gasteiger partial charge in [-0.2, -0.15) is 0 Å². The lowest BCUT2D eigenvalue weighted by Gasteiger charge is -2.41. The normalized spacial score (nSPS) is 18.4. The number of nitrogens with one attached hydrogen (secondary N) is 1. The van der Waals surface area contributed by atoms with Crippen molar-refractivity contribution < 1.29 is 18.7 Å². The molecule has 1 N–H and O–H groups in total. The Morgan fingerprint density at radius 2 is 2.10 bits per heavy atom. The molecule has 2 heterocycles. The largest absolute Gasteiger partial charge is 0.426 e. The van der Waals surface area contributed by atoms with Gasteiger partial charge < -0.3 is 19.9 Å². The SMILES string of the molecule is C[C@@H]1CN(c2ccc(Cl)c(F)c2)CCN1C(=O)CNc1ccc2c(c1)OC(=O)C2. The molecule has 0 aliphatic carbocycles. The van der Waals surface area contributed by atoms with E-state index in [4.69, 9.17) is 16.3 Å². The number of hydrogen-bond acceptors (Lipinski definition) is 5. The molecule has 1 amide bonds. The lowest BCUT2D eigenvalue weighted by atomic mass is 10.1. The minimum absolute atomic E-state index is 0.0160. The summed E-state index contributed by atoms with van der Waals surface area (Å²) in [5.74, 6) is -0.179. The Bertz CT molecular complexity index is 968. The van der Waals surface area contributed by atoms with E-state index in [9.17, 15) is 14.0 Å². The van der Waals surface area contributed by atoms with Gasteiger partial charge in [-0.05, 0) is 31.2 Å². The van der Waals surface area contributed by atoms with Crippen molar-refractivity contribution in [2.75, 3.05) is 36.4 Å². The first-order chi connectivity index (χ1) is 13.9. The van der Waals surface area contributed by atoms with Gasteiger partial charge >= 0.3 is 5.97 Å². The zero-order chi connectivity index (χ0) is 20.5. The fraction of sp³-hybridized carbons (Fsp3) is 0.333. The van der Waals surface area contributed by atoms with Crippen LogP contribution in [0.15, 0.2) is 36.4 Å². The fourth-order valence-electron chi connectivity index (χ4n) is 3.74. The molecule has 2 aliphatic rings. The molecule has 0 unspecified atom stereocenters. The molecule has 1 atom stereocenters. The van der Waals surface area contributed by atoms with Crippen LogP contribution in [0.3, 0.4) is 0 Å². The molecule has 2 aromatic rings. The number of piperazine rings is 1. The second kappa shape index (κ2) is 7.91. The molecule has 2 aromatic carbocycles. The lowest BCUT2D eigenvalue weighted by molar-refractivity contribution is -0.132. The monoisotopic (exact) mass is 417 g/mol. The van der Waals surface area contributed by atoms with Crippen molar-refractivity contribution in [1.82, 2.24) is 4.90 Å². The van der Waals surface area contributed by atoms with E-state index in [1.165, 1.54) is 6.07 Å². The number of carbonyl (C=O) groups excluding carboxylic acids is 2. The van der Waals surface area contributed by atoms with Crippen molar-refractivity contribution in [3.63, 3.8) is 0 Å². The first-order valence-corrected chi connectivity index (χ1v) is 9.85. The third-order valence-corrected chi connectivity index (χ3v) is 5.59. The number of esters is 1. The van der Waals surface area contributed by atoms with Crippen LogP contribution in [0.5, 0.6) is 5.75 Å². The van der Waals surface area contributed by atoms with E-state index in [-0.39, 0.29) is 35.9 Å². The average Bonchev–Trinajstić information content (AvgIpc) is 3.07. The van der Waals surface area contributed by atoms with Crippen molar-refractivity contribution in [2.45, 2.75) is 19.4 Å². The summed E-state index contributed by atoms with van der Waals surface area (Å²) in [6.45, 7) is 3.90. The Hall–Kier alpha value is -2.80. The number of carbonyl (C=O) groups is 2. The molecule has 2 aliphatic heterocycles. The molecule has 4 rings (SSSR count). The fourth-order valence-corrected chi connectivity index (χ4v) is 3.86. The van der Waals surface area contributed by atoms with Crippen LogP contribution in [-0.4, -0.2) is 49.0 Å². The molecule has 1 fully saturated rings. The summed E-state index contributed by atoms with van der Waals surface area (Å²) in [4.78, 5) is 27.9. The second-order valence-electron chi connectivity index (χ2n) is 7.31. The molecule has 6 nitrogen and oxygen atoms in total. The number of benzene rings is 2. The van der Waals surface area contributed by atoms with Crippen LogP contribution in [0.25, 0.3) is 0 Å². The Morgan fingerprint density at radius 3 is 2.86 bits per heavy atom. The van der Waals surface area contributed by atoms with Gasteiger partial charge in [0.05, 0.1) is 18.0 Å². The molecule has 8 heteroatoms. The highest BCUT2D eigenvalue weighted by Gasteiger charge is 2.28. The predicted molar refractivity (Wildman–Crippen MR) is 109 cm³/mol. The van der Waals surface area contributed by atoms with Crippen molar-refractivity contribution in [3.05, 3.63) is 52.8 Å². The number of amides is 1. The zero-order valence-electron chi connectivity index (χ0n) is 16.0. The minimum atomic E-state index is -0.445. The van der Waals surface area contributed by atoms with E-state index < -0.39 is 5.82 Å². The highest BCUT2D eigenvalue weighted by atomic mass is 35.5. The molecule has 0 bridgehead atoms. The molecule has 0 radical (unpaired) electrons. The Labute approximate surface area is 173 Å². The summed E-state index contributed by atoms with van der Waals surface area (Å²) in [5, 5.41) is 3.20. The minimum Gasteiger partial charge on any atom is -0.426 e. The Morgan fingerprint density at radius 1 is 1.28 bits per heavy atom. The third-order valence-electron chi connectivity index (χ3n) is 5.29. The van der Waals surface area contributed by atoms with Gasteiger partial charge in [-0.3, -0.25) is 9.59 Å². The van der Waals surface area contributed by atoms with Gasteiger partial charge in [0.1, 0.15) is 11.6 Å². The number of anilines is 2. The highest BCUT2D eigenvalue weighted by Crippen LogP contribution is 2.29. The maximum Gasteiger partial charge on any atom is 0.315 e. The van der Waals surface area contributed by atoms with Crippen LogP contribution in [0.4, 0.5) is 15.8 Å². The summed E-state index contributed by atoms with van der Waals surface area (Å²) in [5.41, 5.74) is 2.35. The quantitative estimate of drug-likeness (QED) is 0.612.